The van der Waals surface area contributed by atoms with Gasteiger partial charge in [-0.3, -0.25) is 0 Å². The number of nitrogens with one attached hydrogen (secondary N) is 1. The molecule has 1 heterocycles. The molecule has 1 aliphatic rings. The summed E-state index contributed by atoms with van der Waals surface area (Å²) in [5.41, 5.74) is 1.10. The standard InChI is InChI=1S/C16H12Cl2FN3OSSe/c17-10-6-5-9(7-11(10)18)15-16(25-22-21-15)24-8-14(23)20-13-4-2-1-3-12(13)19/h1-7,15-16H,8H2,(H,20,23). The topological polar surface area (TPSA) is 53.8 Å². The first kappa shape index (κ1) is 18.7. The maximum absolute atomic E-state index is 13.6. The van der Waals surface area contributed by atoms with E-state index in [0.29, 0.717) is 10.0 Å². The molecule has 0 spiro atoms. The zero-order chi connectivity index (χ0) is 17.8. The van der Waals surface area contributed by atoms with Gasteiger partial charge in [0.05, 0.1) is 0 Å². The summed E-state index contributed by atoms with van der Waals surface area (Å²) in [7, 11) is 0. The fraction of sp³-hybridized carbons (Fsp3) is 0.188. The molecule has 0 saturated heterocycles. The van der Waals surface area contributed by atoms with Crippen LogP contribution < -0.4 is 5.32 Å². The van der Waals surface area contributed by atoms with Crippen molar-refractivity contribution in [3.05, 3.63) is 63.9 Å². The number of benzene rings is 2. The van der Waals surface area contributed by atoms with Gasteiger partial charge in [0, 0.05) is 0 Å². The van der Waals surface area contributed by atoms with Gasteiger partial charge in [-0.05, 0) is 0 Å². The summed E-state index contributed by atoms with van der Waals surface area (Å²) in [4.78, 5) is 12.1. The number of hydrogen-bond donors (Lipinski definition) is 1. The van der Waals surface area contributed by atoms with Crippen LogP contribution in [0.25, 0.3) is 0 Å². The predicted octanol–water partition coefficient (Wildman–Crippen LogP) is 4.96. The third-order valence-corrected chi connectivity index (χ3v) is 7.82. The van der Waals surface area contributed by atoms with Crippen molar-refractivity contribution in [1.29, 1.82) is 0 Å². The van der Waals surface area contributed by atoms with Crippen LogP contribution in [0.1, 0.15) is 11.6 Å². The van der Waals surface area contributed by atoms with Gasteiger partial charge in [-0.15, -0.1) is 0 Å². The van der Waals surface area contributed by atoms with E-state index in [4.69, 9.17) is 23.2 Å². The Morgan fingerprint density at radius 1 is 1.24 bits per heavy atom. The maximum atomic E-state index is 13.6. The number of carbonyl (C=O) groups excluding carboxylic acids is 1. The van der Waals surface area contributed by atoms with Crippen LogP contribution in [0.5, 0.6) is 0 Å². The Labute approximate surface area is 164 Å². The second kappa shape index (κ2) is 8.51. The van der Waals surface area contributed by atoms with Gasteiger partial charge in [-0.25, -0.2) is 0 Å². The molecular weight excluding hydrogens is 451 g/mol. The zero-order valence-corrected chi connectivity index (χ0v) is 16.7. The van der Waals surface area contributed by atoms with E-state index < -0.39 is 5.82 Å². The quantitative estimate of drug-likeness (QED) is 0.638. The van der Waals surface area contributed by atoms with Crippen molar-refractivity contribution >= 4 is 61.7 Å². The summed E-state index contributed by atoms with van der Waals surface area (Å²) in [5.74, 6) is -0.515. The Hall–Kier alpha value is -1.11. The van der Waals surface area contributed by atoms with E-state index in [1.807, 2.05) is 6.07 Å². The van der Waals surface area contributed by atoms with Crippen LogP contribution in [-0.2, 0) is 4.79 Å². The van der Waals surface area contributed by atoms with Gasteiger partial charge < -0.3 is 0 Å². The van der Waals surface area contributed by atoms with Gasteiger partial charge in [0.25, 0.3) is 0 Å². The Balaban J connectivity index is 1.60. The number of anilines is 1. The van der Waals surface area contributed by atoms with E-state index in [2.05, 4.69) is 14.6 Å². The van der Waals surface area contributed by atoms with Gasteiger partial charge in [0.1, 0.15) is 0 Å². The molecule has 1 N–H and O–H groups in total. The molecule has 2 aromatic rings. The van der Waals surface area contributed by atoms with Crippen molar-refractivity contribution in [1.82, 2.24) is 0 Å². The van der Waals surface area contributed by atoms with Crippen molar-refractivity contribution in [3.63, 3.8) is 0 Å². The van der Waals surface area contributed by atoms with Crippen LogP contribution in [0.2, 0.25) is 10.0 Å². The first-order valence-electron chi connectivity index (χ1n) is 7.21. The number of para-hydroxylation sites is 1. The Bertz CT molecular complexity index is 824. The van der Waals surface area contributed by atoms with Crippen molar-refractivity contribution in [3.8, 4) is 0 Å². The summed E-state index contributed by atoms with van der Waals surface area (Å²) in [6.07, 6.45) is 0. The first-order valence-corrected chi connectivity index (χ1v) is 10.8. The van der Waals surface area contributed by atoms with Gasteiger partial charge in [0.2, 0.25) is 0 Å². The molecule has 3 rings (SSSR count). The average Bonchev–Trinajstić information content (AvgIpc) is 3.06. The van der Waals surface area contributed by atoms with Gasteiger partial charge in [-0.1, -0.05) is 0 Å². The van der Waals surface area contributed by atoms with Crippen LogP contribution in [-0.4, -0.2) is 31.0 Å². The van der Waals surface area contributed by atoms with Crippen molar-refractivity contribution in [2.45, 2.75) is 10.2 Å². The van der Waals surface area contributed by atoms with E-state index >= 15 is 0 Å². The molecule has 0 aliphatic carbocycles. The number of carbonyl (C=O) groups is 1. The molecule has 0 aromatic heterocycles. The molecule has 1 amide bonds. The molecule has 4 nitrogen and oxygen atoms in total. The zero-order valence-electron chi connectivity index (χ0n) is 12.7. The van der Waals surface area contributed by atoms with E-state index in [9.17, 15) is 9.18 Å². The normalized spacial score (nSPS) is 19.2. The minimum atomic E-state index is -0.454. The molecule has 1 aliphatic heterocycles. The predicted molar refractivity (Wildman–Crippen MR) is 101 cm³/mol. The second-order valence-electron chi connectivity index (χ2n) is 5.13. The molecule has 2 atom stereocenters. The van der Waals surface area contributed by atoms with Crippen LogP contribution >= 0.6 is 35.0 Å². The fourth-order valence-corrected chi connectivity index (χ4v) is 5.55. The first-order chi connectivity index (χ1) is 12.0. The van der Waals surface area contributed by atoms with Gasteiger partial charge in [-0.2, -0.15) is 0 Å². The summed E-state index contributed by atoms with van der Waals surface area (Å²) in [6, 6.07) is 11.3. The fourth-order valence-electron chi connectivity index (χ4n) is 2.18. The second-order valence-corrected chi connectivity index (χ2v) is 9.60. The molecule has 0 radical (unpaired) electrons. The van der Waals surface area contributed by atoms with E-state index in [0.717, 1.165) is 5.56 Å². The number of nitrogens with zero attached hydrogens (tertiary/aromatic N) is 2. The van der Waals surface area contributed by atoms with E-state index in [-0.39, 0.29) is 42.7 Å². The molecule has 2 unspecified atom stereocenters. The van der Waals surface area contributed by atoms with Crippen molar-refractivity contribution in [2.24, 2.45) is 9.24 Å². The summed E-state index contributed by atoms with van der Waals surface area (Å²) >= 11 is 13.4. The van der Waals surface area contributed by atoms with Crippen LogP contribution in [0.3, 0.4) is 0 Å². The Kier molecular flexibility index (Phi) is 6.36. The van der Waals surface area contributed by atoms with Crippen LogP contribution in [0.4, 0.5) is 10.1 Å². The molecule has 2 aromatic carbocycles. The van der Waals surface area contributed by atoms with Crippen molar-refractivity contribution < 1.29 is 9.18 Å². The van der Waals surface area contributed by atoms with E-state index in [1.54, 1.807) is 24.3 Å². The number of rotatable bonds is 5. The van der Waals surface area contributed by atoms with Crippen LogP contribution in [0.15, 0.2) is 51.7 Å². The molecular formula is C16H12Cl2FN3OSSe. The Morgan fingerprint density at radius 2 is 2.04 bits per heavy atom. The average molecular weight is 463 g/mol. The molecule has 130 valence electrons. The third-order valence-electron chi connectivity index (χ3n) is 3.39. The SMILES string of the molecule is O=C(CSC1[Se]N=NC1c1ccc(Cl)c(Cl)c1)Nc1ccccc1F. The Morgan fingerprint density at radius 3 is 2.80 bits per heavy atom. The number of hydrogen-bond acceptors (Lipinski definition) is 4. The van der Waals surface area contributed by atoms with Gasteiger partial charge >= 0.3 is 165 Å². The van der Waals surface area contributed by atoms with Crippen molar-refractivity contribution in [2.75, 3.05) is 11.1 Å². The van der Waals surface area contributed by atoms with E-state index in [1.165, 1.54) is 23.9 Å². The number of halogens is 3. The van der Waals surface area contributed by atoms with Gasteiger partial charge in [0.15, 0.2) is 0 Å². The summed E-state index contributed by atoms with van der Waals surface area (Å²) < 4.78 is 17.8. The number of thioether (sulfide) groups is 1. The summed E-state index contributed by atoms with van der Waals surface area (Å²) in [5, 5.41) is 7.80. The molecule has 0 bridgehead atoms. The third kappa shape index (κ3) is 4.74. The molecule has 0 saturated carbocycles. The summed E-state index contributed by atoms with van der Waals surface area (Å²) in [6.45, 7) is 0. The molecule has 9 heteroatoms. The monoisotopic (exact) mass is 463 g/mol. The number of amides is 1. The molecule has 0 fully saturated rings. The molecule has 25 heavy (non-hydrogen) atoms. The minimum absolute atomic E-state index is 0.0697. The van der Waals surface area contributed by atoms with Crippen LogP contribution in [0, 0.1) is 5.82 Å².